The Hall–Kier alpha value is -12.9. The minimum atomic E-state index is 0.685. The van der Waals surface area contributed by atoms with Gasteiger partial charge >= 0.3 is 0 Å². The molecule has 0 spiro atoms. The van der Waals surface area contributed by atoms with Crippen LogP contribution in [0, 0.1) is 0 Å². The predicted molar refractivity (Wildman–Crippen MR) is 401 cm³/mol. The van der Waals surface area contributed by atoms with Gasteiger partial charge in [-0.2, -0.15) is 0 Å². The van der Waals surface area contributed by atoms with Gasteiger partial charge in [-0.25, -0.2) is 9.97 Å². The molecule has 1 aliphatic rings. The zero-order valence-electron chi connectivity index (χ0n) is 51.9. The number of fused-ring (bicyclic) bond motifs is 16. The van der Waals surface area contributed by atoms with E-state index in [1.54, 1.807) is 0 Å². The fourth-order valence-corrected chi connectivity index (χ4v) is 16.3. The fraction of sp³-hybridized carbons (Fsp3) is 0. The third kappa shape index (κ3) is 7.63. The van der Waals surface area contributed by atoms with Crippen LogP contribution >= 0.6 is 0 Å². The van der Waals surface area contributed by atoms with E-state index < -0.39 is 0 Å². The Morgan fingerprint density at radius 2 is 0.594 bits per heavy atom. The summed E-state index contributed by atoms with van der Waals surface area (Å²) in [7, 11) is 0. The van der Waals surface area contributed by atoms with E-state index in [0.29, 0.717) is 5.82 Å². The van der Waals surface area contributed by atoms with E-state index in [-0.39, 0.29) is 0 Å². The van der Waals surface area contributed by atoms with E-state index in [1.807, 2.05) is 0 Å². The second-order valence-corrected chi connectivity index (χ2v) is 25.6. The maximum Gasteiger partial charge on any atom is 0.161 e. The first-order valence-corrected chi connectivity index (χ1v) is 33.0. The van der Waals surface area contributed by atoms with E-state index in [4.69, 9.17) is 9.97 Å². The molecule has 5 aromatic heterocycles. The highest BCUT2D eigenvalue weighted by molar-refractivity contribution is 6.19. The number of rotatable bonds is 8. The summed E-state index contributed by atoms with van der Waals surface area (Å²) in [6.07, 6.45) is 0. The van der Waals surface area contributed by atoms with Gasteiger partial charge in [-0.1, -0.05) is 206 Å². The maximum absolute atomic E-state index is 5.81. The highest BCUT2D eigenvalue weighted by Gasteiger charge is 2.30. The molecule has 0 bridgehead atoms. The average Bonchev–Trinajstić information content (AvgIpc) is 1.55. The molecular weight excluding hydrogens is 1170 g/mol. The number of para-hydroxylation sites is 6. The van der Waals surface area contributed by atoms with Crippen LogP contribution in [0.1, 0.15) is 0 Å². The standard InChI is InChI=1S/C90H54N6/c1-3-23-61(24-4-1)93-77-36-13-9-30-66(77)73-51-56(40-45-82(73)93)58-42-47-84-75(53-58)68-32-11-15-38-79(68)95(84)63-27-17-22-60(50-63)88-87-71-34-18-20-55-21-19-35-72(86(55)71)89(87)92-90(91-88)70-44-49-81(65-29-8-7-28-64(65)70)96-80-39-16-12-33-69(80)76-54-59(43-48-85(76)96)57-41-46-83-74(52-57)67-31-10-14-37-78(67)94(83)62-25-5-2-6-26-62/h1-54H. The smallest absolute Gasteiger partial charge is 0.161 e. The Balaban J connectivity index is 0.699. The third-order valence-corrected chi connectivity index (χ3v) is 20.5. The van der Waals surface area contributed by atoms with E-state index in [2.05, 4.69) is 346 Å². The molecule has 21 rings (SSSR count). The van der Waals surface area contributed by atoms with Gasteiger partial charge in [-0.3, -0.25) is 0 Å². The molecule has 0 saturated carbocycles. The molecule has 96 heavy (non-hydrogen) atoms. The lowest BCUT2D eigenvalue weighted by atomic mass is 9.98. The third-order valence-electron chi connectivity index (χ3n) is 20.5. The number of nitrogens with zero attached hydrogens (tertiary/aromatic N) is 6. The first-order chi connectivity index (χ1) is 47.6. The van der Waals surface area contributed by atoms with Gasteiger partial charge in [-0.15, -0.1) is 0 Å². The topological polar surface area (TPSA) is 45.5 Å². The summed E-state index contributed by atoms with van der Waals surface area (Å²) >= 11 is 0. The second kappa shape index (κ2) is 20.3. The molecular formula is C90H54N6. The van der Waals surface area contributed by atoms with Gasteiger partial charge < -0.3 is 18.3 Å². The van der Waals surface area contributed by atoms with Crippen molar-refractivity contribution in [3.63, 3.8) is 0 Å². The Labute approximate surface area is 551 Å². The molecule has 444 valence electrons. The zero-order valence-corrected chi connectivity index (χ0v) is 51.9. The summed E-state index contributed by atoms with van der Waals surface area (Å²) in [6.45, 7) is 0. The van der Waals surface area contributed by atoms with Crippen LogP contribution in [0.25, 0.3) is 199 Å². The minimum Gasteiger partial charge on any atom is -0.309 e. The van der Waals surface area contributed by atoms with Crippen molar-refractivity contribution in [3.8, 4) is 90.0 Å². The predicted octanol–water partition coefficient (Wildman–Crippen LogP) is 23.5. The monoisotopic (exact) mass is 1220 g/mol. The molecule has 5 heterocycles. The quantitative estimate of drug-likeness (QED) is 0.152. The van der Waals surface area contributed by atoms with Crippen molar-refractivity contribution in [2.75, 3.05) is 0 Å². The second-order valence-electron chi connectivity index (χ2n) is 25.6. The van der Waals surface area contributed by atoms with Crippen molar-refractivity contribution >= 4 is 109 Å². The lowest BCUT2D eigenvalue weighted by Gasteiger charge is -2.17. The summed E-state index contributed by atoms with van der Waals surface area (Å²) < 4.78 is 9.65. The molecule has 6 nitrogen and oxygen atoms in total. The molecule has 0 saturated heterocycles. The summed E-state index contributed by atoms with van der Waals surface area (Å²) in [6, 6.07) is 120. The van der Waals surface area contributed by atoms with Gasteiger partial charge in [-0.05, 0) is 165 Å². The van der Waals surface area contributed by atoms with Crippen LogP contribution in [0.3, 0.4) is 0 Å². The van der Waals surface area contributed by atoms with E-state index >= 15 is 0 Å². The van der Waals surface area contributed by atoms with Gasteiger partial charge in [0.2, 0.25) is 0 Å². The molecule has 1 aliphatic carbocycles. The van der Waals surface area contributed by atoms with Gasteiger partial charge in [0.25, 0.3) is 0 Å². The summed E-state index contributed by atoms with van der Waals surface area (Å²) in [5.41, 5.74) is 25.7. The summed E-state index contributed by atoms with van der Waals surface area (Å²) in [5, 5.41) is 14.4. The highest BCUT2D eigenvalue weighted by atomic mass is 15.0. The first-order valence-electron chi connectivity index (χ1n) is 33.0. The fourth-order valence-electron chi connectivity index (χ4n) is 16.3. The minimum absolute atomic E-state index is 0.685. The highest BCUT2D eigenvalue weighted by Crippen LogP contribution is 2.52. The van der Waals surface area contributed by atoms with Crippen LogP contribution in [-0.2, 0) is 0 Å². The summed E-state index contributed by atoms with van der Waals surface area (Å²) in [4.78, 5) is 11.5. The van der Waals surface area contributed by atoms with Crippen LogP contribution in [0.15, 0.2) is 328 Å². The van der Waals surface area contributed by atoms with Gasteiger partial charge in [0.15, 0.2) is 5.82 Å². The molecule has 0 N–H and O–H groups in total. The summed E-state index contributed by atoms with van der Waals surface area (Å²) in [5.74, 6) is 0.685. The van der Waals surface area contributed by atoms with Crippen LogP contribution < -0.4 is 0 Å². The molecule has 6 heteroatoms. The van der Waals surface area contributed by atoms with Crippen LogP contribution in [-0.4, -0.2) is 28.2 Å². The first kappa shape index (κ1) is 52.7. The van der Waals surface area contributed by atoms with Crippen molar-refractivity contribution in [3.05, 3.63) is 328 Å². The SMILES string of the molecule is c1ccc(-n2c3ccccc3c3cc(-c4ccc5c(c4)c4ccccc4n5-c4cccc(-c5nc(-c6ccc(-n7c8ccccc8c8cc(-c9ccc%10c(c9)c9ccccc9n%10-c9ccccc9)ccc87)c7ccccc67)nc6c5-c5cccc7cccc-6c57)c4)ccc32)cc1. The van der Waals surface area contributed by atoms with Gasteiger partial charge in [0, 0.05) is 87.8 Å². The average molecular weight is 1220 g/mol. The Morgan fingerprint density at radius 3 is 1.10 bits per heavy atom. The normalized spacial score (nSPS) is 12.2. The van der Waals surface area contributed by atoms with Crippen LogP contribution in [0.5, 0.6) is 0 Å². The van der Waals surface area contributed by atoms with E-state index in [9.17, 15) is 0 Å². The molecule has 0 radical (unpaired) electrons. The molecule has 0 fully saturated rings. The van der Waals surface area contributed by atoms with Gasteiger partial charge in [0.1, 0.15) is 0 Å². The number of hydrogen-bond donors (Lipinski definition) is 0. The Bertz CT molecular complexity index is 6690. The van der Waals surface area contributed by atoms with Crippen molar-refractivity contribution in [1.29, 1.82) is 0 Å². The molecule has 0 aliphatic heterocycles. The molecule has 0 unspecified atom stereocenters. The lowest BCUT2D eigenvalue weighted by molar-refractivity contribution is 1.17. The number of hydrogen-bond acceptors (Lipinski definition) is 2. The van der Waals surface area contributed by atoms with Crippen molar-refractivity contribution in [2.24, 2.45) is 0 Å². The molecule has 0 amide bonds. The molecule has 15 aromatic carbocycles. The van der Waals surface area contributed by atoms with E-state index in [1.165, 1.54) is 98.2 Å². The maximum atomic E-state index is 5.81. The number of benzene rings is 15. The Kier molecular flexibility index (Phi) is 11.1. The molecule has 20 aromatic rings. The van der Waals surface area contributed by atoms with E-state index in [0.717, 1.165) is 94.8 Å². The van der Waals surface area contributed by atoms with Crippen molar-refractivity contribution in [2.45, 2.75) is 0 Å². The zero-order chi connectivity index (χ0) is 62.7. The largest absolute Gasteiger partial charge is 0.309 e. The lowest BCUT2D eigenvalue weighted by Crippen LogP contribution is -2.01. The van der Waals surface area contributed by atoms with Gasteiger partial charge in [0.05, 0.1) is 61.2 Å². The van der Waals surface area contributed by atoms with Crippen molar-refractivity contribution in [1.82, 2.24) is 28.2 Å². The van der Waals surface area contributed by atoms with Crippen molar-refractivity contribution < 1.29 is 0 Å². The molecule has 0 atom stereocenters. The Morgan fingerprint density at radius 1 is 0.208 bits per heavy atom. The van der Waals surface area contributed by atoms with Crippen LogP contribution in [0.4, 0.5) is 0 Å². The van der Waals surface area contributed by atoms with Crippen LogP contribution in [0.2, 0.25) is 0 Å². The number of aromatic nitrogens is 6.